The number of amides is 1. The lowest BCUT2D eigenvalue weighted by Crippen LogP contribution is -2.54. The molecule has 0 unspecified atom stereocenters. The average molecular weight is 418 g/mol. The number of ether oxygens (including phenoxy) is 1. The van der Waals surface area contributed by atoms with Crippen molar-refractivity contribution in [3.63, 3.8) is 0 Å². The van der Waals surface area contributed by atoms with E-state index in [0.29, 0.717) is 19.6 Å². The number of hydrogen-bond acceptors (Lipinski definition) is 5. The Labute approximate surface area is 155 Å². The smallest absolute Gasteiger partial charge is 0.406 e. The standard InChI is InChI=1S/C14H18F3N3O4S.ClH/c1-10-8-18-6-7-20(10)13(21)9-19-25(22,23)12-4-2-11(3-5-12)24-14(15,16)17;/h2-5,10,18-19H,6-9H2,1H3;1H/t10-;/m0./s1. The van der Waals surface area contributed by atoms with Gasteiger partial charge in [-0.25, -0.2) is 13.1 Å². The fourth-order valence-electron chi connectivity index (χ4n) is 2.37. The van der Waals surface area contributed by atoms with E-state index in [1.807, 2.05) is 6.92 Å². The molecule has 26 heavy (non-hydrogen) atoms. The monoisotopic (exact) mass is 417 g/mol. The average Bonchev–Trinajstić information content (AvgIpc) is 2.52. The molecule has 0 saturated carbocycles. The van der Waals surface area contributed by atoms with E-state index in [-0.39, 0.29) is 29.3 Å². The first-order chi connectivity index (χ1) is 11.6. The van der Waals surface area contributed by atoms with Crippen molar-refractivity contribution in [2.24, 2.45) is 0 Å². The molecule has 1 atom stereocenters. The Morgan fingerprint density at radius 2 is 1.96 bits per heavy atom. The van der Waals surface area contributed by atoms with Crippen molar-refractivity contribution in [3.8, 4) is 5.75 Å². The van der Waals surface area contributed by atoms with Crippen LogP contribution in [0.25, 0.3) is 0 Å². The van der Waals surface area contributed by atoms with Crippen LogP contribution in [0.2, 0.25) is 0 Å². The van der Waals surface area contributed by atoms with Gasteiger partial charge in [0.1, 0.15) is 5.75 Å². The lowest BCUT2D eigenvalue weighted by atomic mass is 10.2. The third-order valence-electron chi connectivity index (χ3n) is 3.60. The van der Waals surface area contributed by atoms with Crippen LogP contribution < -0.4 is 14.8 Å². The lowest BCUT2D eigenvalue weighted by Gasteiger charge is -2.34. The molecule has 2 N–H and O–H groups in total. The second kappa shape index (κ2) is 8.89. The van der Waals surface area contributed by atoms with E-state index in [2.05, 4.69) is 14.8 Å². The Kier molecular flexibility index (Phi) is 7.69. The molecule has 148 valence electrons. The van der Waals surface area contributed by atoms with Crippen molar-refractivity contribution in [2.45, 2.75) is 24.2 Å². The van der Waals surface area contributed by atoms with Crippen LogP contribution >= 0.6 is 12.4 Å². The van der Waals surface area contributed by atoms with E-state index in [0.717, 1.165) is 24.3 Å². The molecule has 0 spiro atoms. The summed E-state index contributed by atoms with van der Waals surface area (Å²) in [6.45, 7) is 3.15. The van der Waals surface area contributed by atoms with Crippen molar-refractivity contribution in [2.75, 3.05) is 26.2 Å². The first-order valence-electron chi connectivity index (χ1n) is 7.44. The van der Waals surface area contributed by atoms with Gasteiger partial charge < -0.3 is 15.0 Å². The predicted molar refractivity (Wildman–Crippen MR) is 89.6 cm³/mol. The summed E-state index contributed by atoms with van der Waals surface area (Å²) in [5, 5.41) is 3.11. The number of halogens is 4. The maximum Gasteiger partial charge on any atom is 0.573 e. The third-order valence-corrected chi connectivity index (χ3v) is 5.02. The summed E-state index contributed by atoms with van der Waals surface area (Å²) >= 11 is 0. The fourth-order valence-corrected chi connectivity index (χ4v) is 3.35. The van der Waals surface area contributed by atoms with Crippen molar-refractivity contribution < 1.29 is 31.1 Å². The number of alkyl halides is 3. The van der Waals surface area contributed by atoms with Gasteiger partial charge in [-0.2, -0.15) is 0 Å². The van der Waals surface area contributed by atoms with Gasteiger partial charge in [0.05, 0.1) is 11.4 Å². The fraction of sp³-hybridized carbons (Fsp3) is 0.500. The van der Waals surface area contributed by atoms with Crippen LogP contribution in [0.4, 0.5) is 13.2 Å². The zero-order valence-corrected chi connectivity index (χ0v) is 15.4. The maximum atomic E-state index is 12.1. The molecule has 2 rings (SSSR count). The Balaban J connectivity index is 0.00000338. The van der Waals surface area contributed by atoms with Gasteiger partial charge >= 0.3 is 6.36 Å². The number of nitrogens with zero attached hydrogens (tertiary/aromatic N) is 1. The van der Waals surface area contributed by atoms with E-state index >= 15 is 0 Å². The number of piperazine rings is 1. The van der Waals surface area contributed by atoms with Crippen LogP contribution in [0.3, 0.4) is 0 Å². The van der Waals surface area contributed by atoms with Gasteiger partial charge in [0.2, 0.25) is 15.9 Å². The summed E-state index contributed by atoms with van der Waals surface area (Å²) in [6.07, 6.45) is -4.86. The van der Waals surface area contributed by atoms with Gasteiger partial charge in [0, 0.05) is 25.7 Å². The van der Waals surface area contributed by atoms with E-state index in [1.165, 1.54) is 0 Å². The first kappa shape index (κ1) is 22.5. The lowest BCUT2D eigenvalue weighted by molar-refractivity contribution is -0.274. The minimum absolute atomic E-state index is 0. The Morgan fingerprint density at radius 1 is 1.35 bits per heavy atom. The van der Waals surface area contributed by atoms with E-state index in [9.17, 15) is 26.4 Å². The number of benzene rings is 1. The topological polar surface area (TPSA) is 87.7 Å². The molecule has 1 aromatic carbocycles. The maximum absolute atomic E-state index is 12.1. The van der Waals surface area contributed by atoms with Crippen LogP contribution in [0.5, 0.6) is 5.75 Å². The molecule has 12 heteroatoms. The van der Waals surface area contributed by atoms with Crippen molar-refractivity contribution in [1.29, 1.82) is 0 Å². The molecule has 1 aromatic rings. The summed E-state index contributed by atoms with van der Waals surface area (Å²) in [5.74, 6) is -0.897. The second-order valence-electron chi connectivity index (χ2n) is 5.48. The SMILES string of the molecule is C[C@H]1CNCCN1C(=O)CNS(=O)(=O)c1ccc(OC(F)(F)F)cc1.Cl. The predicted octanol–water partition coefficient (Wildman–Crippen LogP) is 1.11. The first-order valence-corrected chi connectivity index (χ1v) is 8.92. The highest BCUT2D eigenvalue weighted by Gasteiger charge is 2.31. The highest BCUT2D eigenvalue weighted by Crippen LogP contribution is 2.23. The number of hydrogen-bond donors (Lipinski definition) is 2. The molecule has 1 saturated heterocycles. The van der Waals surface area contributed by atoms with E-state index in [4.69, 9.17) is 0 Å². The van der Waals surface area contributed by atoms with Crippen LogP contribution in [-0.4, -0.2) is 57.8 Å². The largest absolute Gasteiger partial charge is 0.573 e. The Bertz CT molecular complexity index is 713. The zero-order chi connectivity index (χ0) is 18.7. The number of rotatable bonds is 5. The van der Waals surface area contributed by atoms with Crippen molar-refractivity contribution in [1.82, 2.24) is 14.9 Å². The molecule has 0 aliphatic carbocycles. The van der Waals surface area contributed by atoms with Gasteiger partial charge in [-0.3, -0.25) is 4.79 Å². The quantitative estimate of drug-likeness (QED) is 0.749. The summed E-state index contributed by atoms with van der Waals surface area (Å²) in [6, 6.07) is 3.68. The number of sulfonamides is 1. The van der Waals surface area contributed by atoms with E-state index < -0.39 is 28.7 Å². The molecule has 1 fully saturated rings. The summed E-state index contributed by atoms with van der Waals surface area (Å²) < 4.78 is 66.4. The third kappa shape index (κ3) is 6.31. The minimum Gasteiger partial charge on any atom is -0.406 e. The second-order valence-corrected chi connectivity index (χ2v) is 7.25. The van der Waals surface area contributed by atoms with Gasteiger partial charge in [0.25, 0.3) is 0 Å². The summed E-state index contributed by atoms with van der Waals surface area (Å²) in [7, 11) is -4.02. The van der Waals surface area contributed by atoms with Gasteiger partial charge in [-0.05, 0) is 31.2 Å². The number of nitrogens with one attached hydrogen (secondary N) is 2. The van der Waals surface area contributed by atoms with Gasteiger partial charge in [0.15, 0.2) is 0 Å². The number of carbonyl (C=O) groups excluding carboxylic acids is 1. The molecular formula is C14H19ClF3N3O4S. The Hall–Kier alpha value is -1.56. The van der Waals surface area contributed by atoms with Gasteiger partial charge in [-0.15, -0.1) is 25.6 Å². The summed E-state index contributed by atoms with van der Waals surface area (Å²) in [4.78, 5) is 13.4. The summed E-state index contributed by atoms with van der Waals surface area (Å²) in [5.41, 5.74) is 0. The molecule has 1 aliphatic rings. The highest BCUT2D eigenvalue weighted by molar-refractivity contribution is 7.89. The molecule has 1 aliphatic heterocycles. The molecule has 1 heterocycles. The molecule has 0 aromatic heterocycles. The Morgan fingerprint density at radius 3 is 2.50 bits per heavy atom. The van der Waals surface area contributed by atoms with Crippen LogP contribution in [-0.2, 0) is 14.8 Å². The molecular weight excluding hydrogens is 399 g/mol. The normalized spacial score (nSPS) is 18.2. The molecule has 0 radical (unpaired) electrons. The van der Waals surface area contributed by atoms with Crippen molar-refractivity contribution >= 4 is 28.3 Å². The number of carbonyl (C=O) groups is 1. The minimum atomic E-state index is -4.86. The molecule has 1 amide bonds. The van der Waals surface area contributed by atoms with Crippen molar-refractivity contribution in [3.05, 3.63) is 24.3 Å². The van der Waals surface area contributed by atoms with Crippen LogP contribution in [0.1, 0.15) is 6.92 Å². The van der Waals surface area contributed by atoms with Gasteiger partial charge in [-0.1, -0.05) is 0 Å². The van der Waals surface area contributed by atoms with Crippen LogP contribution in [0, 0.1) is 0 Å². The van der Waals surface area contributed by atoms with E-state index in [1.54, 1.807) is 4.90 Å². The highest BCUT2D eigenvalue weighted by atomic mass is 35.5. The van der Waals surface area contributed by atoms with Crippen LogP contribution in [0.15, 0.2) is 29.2 Å². The molecule has 0 bridgehead atoms. The zero-order valence-electron chi connectivity index (χ0n) is 13.7. The molecule has 7 nitrogen and oxygen atoms in total.